The van der Waals surface area contributed by atoms with Crippen LogP contribution in [0.4, 0.5) is 4.79 Å². The zero-order chi connectivity index (χ0) is 13.7. The highest BCUT2D eigenvalue weighted by Crippen LogP contribution is 2.18. The van der Waals surface area contributed by atoms with Crippen molar-refractivity contribution in [3.05, 3.63) is 35.4 Å². The van der Waals surface area contributed by atoms with Gasteiger partial charge in [0.15, 0.2) is 0 Å². The van der Waals surface area contributed by atoms with Gasteiger partial charge in [-0.1, -0.05) is 37.1 Å². The first kappa shape index (κ1) is 13.9. The van der Waals surface area contributed by atoms with Crippen molar-refractivity contribution in [1.29, 1.82) is 0 Å². The molecule has 0 unspecified atom stereocenters. The van der Waals surface area contributed by atoms with E-state index in [0.717, 1.165) is 24.0 Å². The topological polar surface area (TPSA) is 58.4 Å². The lowest BCUT2D eigenvalue weighted by Crippen LogP contribution is -2.41. The van der Waals surface area contributed by atoms with Gasteiger partial charge in [0.2, 0.25) is 0 Å². The van der Waals surface area contributed by atoms with Crippen LogP contribution >= 0.6 is 0 Å². The first-order valence-corrected chi connectivity index (χ1v) is 6.99. The molecule has 0 aliphatic heterocycles. The van der Waals surface area contributed by atoms with Crippen molar-refractivity contribution in [2.45, 2.75) is 44.8 Å². The highest BCUT2D eigenvalue weighted by atomic mass is 16.2. The zero-order valence-electron chi connectivity index (χ0n) is 11.6. The van der Waals surface area contributed by atoms with Gasteiger partial charge >= 0.3 is 6.03 Å². The molecule has 1 aliphatic rings. The lowest BCUT2D eigenvalue weighted by Gasteiger charge is -2.22. The number of hydrogen-bond donors (Lipinski definition) is 2. The summed E-state index contributed by atoms with van der Waals surface area (Å²) in [7, 11) is 1.83. The second-order valence-corrected chi connectivity index (χ2v) is 5.26. The highest BCUT2D eigenvalue weighted by molar-refractivity contribution is 5.74. The van der Waals surface area contributed by atoms with E-state index in [4.69, 9.17) is 5.73 Å². The lowest BCUT2D eigenvalue weighted by atomic mass is 10.1. The SMILES string of the molecule is CN(Cc1ccccc1CN)C(=O)NC1CCCC1. The van der Waals surface area contributed by atoms with E-state index < -0.39 is 0 Å². The van der Waals surface area contributed by atoms with Crippen molar-refractivity contribution in [1.82, 2.24) is 10.2 Å². The summed E-state index contributed by atoms with van der Waals surface area (Å²) in [5, 5.41) is 3.09. The van der Waals surface area contributed by atoms with Crippen molar-refractivity contribution in [2.75, 3.05) is 7.05 Å². The highest BCUT2D eigenvalue weighted by Gasteiger charge is 2.19. The molecule has 1 saturated carbocycles. The van der Waals surface area contributed by atoms with Gasteiger partial charge in [0.25, 0.3) is 0 Å². The van der Waals surface area contributed by atoms with Gasteiger partial charge in [-0.05, 0) is 24.0 Å². The summed E-state index contributed by atoms with van der Waals surface area (Å²) in [6.45, 7) is 1.11. The van der Waals surface area contributed by atoms with Gasteiger partial charge in [-0.15, -0.1) is 0 Å². The van der Waals surface area contributed by atoms with Gasteiger partial charge in [-0.3, -0.25) is 0 Å². The van der Waals surface area contributed by atoms with Crippen LogP contribution < -0.4 is 11.1 Å². The average Bonchev–Trinajstić information content (AvgIpc) is 2.92. The maximum Gasteiger partial charge on any atom is 0.317 e. The van der Waals surface area contributed by atoms with Crippen LogP contribution in [-0.4, -0.2) is 24.0 Å². The molecule has 0 radical (unpaired) electrons. The number of nitrogens with zero attached hydrogens (tertiary/aromatic N) is 1. The van der Waals surface area contributed by atoms with Gasteiger partial charge in [-0.2, -0.15) is 0 Å². The summed E-state index contributed by atoms with van der Waals surface area (Å²) in [5.41, 5.74) is 7.93. The van der Waals surface area contributed by atoms with Crippen molar-refractivity contribution in [2.24, 2.45) is 5.73 Å². The summed E-state index contributed by atoms with van der Waals surface area (Å²) in [6, 6.07) is 8.37. The Labute approximate surface area is 115 Å². The molecule has 1 aromatic carbocycles. The van der Waals surface area contributed by atoms with Crippen LogP contribution in [0.15, 0.2) is 24.3 Å². The Morgan fingerprint density at radius 1 is 1.32 bits per heavy atom. The van der Waals surface area contributed by atoms with Crippen LogP contribution in [0, 0.1) is 0 Å². The van der Waals surface area contributed by atoms with E-state index in [9.17, 15) is 4.79 Å². The first-order chi connectivity index (χ1) is 9.20. The van der Waals surface area contributed by atoms with E-state index in [2.05, 4.69) is 5.32 Å². The molecule has 2 amide bonds. The molecule has 0 spiro atoms. The monoisotopic (exact) mass is 261 g/mol. The van der Waals surface area contributed by atoms with E-state index in [1.807, 2.05) is 31.3 Å². The Morgan fingerprint density at radius 3 is 2.58 bits per heavy atom. The molecule has 4 nitrogen and oxygen atoms in total. The van der Waals surface area contributed by atoms with Crippen LogP contribution in [-0.2, 0) is 13.1 Å². The number of rotatable bonds is 4. The molecule has 4 heteroatoms. The van der Waals surface area contributed by atoms with Gasteiger partial charge in [-0.25, -0.2) is 4.79 Å². The molecule has 0 aromatic heterocycles. The molecule has 1 aromatic rings. The summed E-state index contributed by atoms with van der Waals surface area (Å²) < 4.78 is 0. The van der Waals surface area contributed by atoms with Gasteiger partial charge in [0.05, 0.1) is 0 Å². The number of carbonyl (C=O) groups excluding carboxylic acids is 1. The van der Waals surface area contributed by atoms with Crippen molar-refractivity contribution >= 4 is 6.03 Å². The minimum absolute atomic E-state index is 0.0127. The molecule has 104 valence electrons. The number of nitrogens with two attached hydrogens (primary N) is 1. The van der Waals surface area contributed by atoms with Crippen LogP contribution in [0.3, 0.4) is 0 Å². The Kier molecular flexibility index (Phi) is 4.80. The quantitative estimate of drug-likeness (QED) is 0.873. The molecule has 1 aliphatic carbocycles. The molecule has 0 heterocycles. The van der Waals surface area contributed by atoms with E-state index in [-0.39, 0.29) is 6.03 Å². The smallest absolute Gasteiger partial charge is 0.317 e. The van der Waals surface area contributed by atoms with E-state index in [1.54, 1.807) is 4.90 Å². The van der Waals surface area contributed by atoms with Gasteiger partial charge < -0.3 is 16.0 Å². The maximum absolute atomic E-state index is 12.1. The summed E-state index contributed by atoms with van der Waals surface area (Å²) in [6.07, 6.45) is 4.67. The molecule has 0 bridgehead atoms. The number of nitrogens with one attached hydrogen (secondary N) is 1. The molecule has 2 rings (SSSR count). The predicted octanol–water partition coefficient (Wildman–Crippen LogP) is 2.23. The fourth-order valence-electron chi connectivity index (χ4n) is 2.59. The number of hydrogen-bond acceptors (Lipinski definition) is 2. The molecule has 0 saturated heterocycles. The van der Waals surface area contributed by atoms with Crippen LogP contribution in [0.2, 0.25) is 0 Å². The molecule has 0 atom stereocenters. The van der Waals surface area contributed by atoms with E-state index in [1.165, 1.54) is 12.8 Å². The normalized spacial score (nSPS) is 15.5. The first-order valence-electron chi connectivity index (χ1n) is 6.99. The molecular weight excluding hydrogens is 238 g/mol. The molecular formula is C15H23N3O. The van der Waals surface area contributed by atoms with Crippen molar-refractivity contribution < 1.29 is 4.79 Å². The van der Waals surface area contributed by atoms with Gasteiger partial charge in [0, 0.05) is 26.2 Å². The minimum atomic E-state index is 0.0127. The van der Waals surface area contributed by atoms with Gasteiger partial charge in [0.1, 0.15) is 0 Å². The zero-order valence-corrected chi connectivity index (χ0v) is 11.6. The van der Waals surface area contributed by atoms with Crippen molar-refractivity contribution in [3.63, 3.8) is 0 Å². The van der Waals surface area contributed by atoms with Crippen LogP contribution in [0.1, 0.15) is 36.8 Å². The largest absolute Gasteiger partial charge is 0.335 e. The number of urea groups is 1. The predicted molar refractivity (Wildman–Crippen MR) is 76.6 cm³/mol. The lowest BCUT2D eigenvalue weighted by molar-refractivity contribution is 0.202. The molecule has 3 N–H and O–H groups in total. The third kappa shape index (κ3) is 3.70. The summed E-state index contributed by atoms with van der Waals surface area (Å²) in [4.78, 5) is 13.8. The number of amides is 2. The van der Waals surface area contributed by atoms with Crippen molar-refractivity contribution in [3.8, 4) is 0 Å². The maximum atomic E-state index is 12.1. The molecule has 1 fully saturated rings. The Morgan fingerprint density at radius 2 is 1.95 bits per heavy atom. The summed E-state index contributed by atoms with van der Waals surface area (Å²) >= 11 is 0. The second-order valence-electron chi connectivity index (χ2n) is 5.26. The Balaban J connectivity index is 1.92. The Hall–Kier alpha value is -1.55. The minimum Gasteiger partial charge on any atom is -0.335 e. The summed E-state index contributed by atoms with van der Waals surface area (Å²) in [5.74, 6) is 0. The average molecular weight is 261 g/mol. The van der Waals surface area contributed by atoms with Crippen LogP contribution in [0.5, 0.6) is 0 Å². The number of benzene rings is 1. The number of carbonyl (C=O) groups is 1. The fourth-order valence-corrected chi connectivity index (χ4v) is 2.59. The third-order valence-electron chi connectivity index (χ3n) is 3.78. The van der Waals surface area contributed by atoms with E-state index in [0.29, 0.717) is 19.1 Å². The van der Waals surface area contributed by atoms with Crippen LogP contribution in [0.25, 0.3) is 0 Å². The second kappa shape index (κ2) is 6.57. The Bertz CT molecular complexity index is 427. The standard InChI is InChI=1S/C15H23N3O/c1-18(15(19)17-14-8-4-5-9-14)11-13-7-3-2-6-12(13)10-16/h2-3,6-7,14H,4-5,8-11,16H2,1H3,(H,17,19). The van der Waals surface area contributed by atoms with E-state index >= 15 is 0 Å². The third-order valence-corrected chi connectivity index (χ3v) is 3.78. The fraction of sp³-hybridized carbons (Fsp3) is 0.533. The molecule has 19 heavy (non-hydrogen) atoms.